The fourth-order valence-electron chi connectivity index (χ4n) is 1.62. The fourth-order valence-corrected chi connectivity index (χ4v) is 1.75. The predicted octanol–water partition coefficient (Wildman–Crippen LogP) is 1.69. The van der Waals surface area contributed by atoms with Gasteiger partial charge in [-0.2, -0.15) is 10.2 Å². The molecule has 5 nitrogen and oxygen atoms in total. The van der Waals surface area contributed by atoms with Crippen molar-refractivity contribution >= 4 is 17.9 Å². The van der Waals surface area contributed by atoms with Gasteiger partial charge in [-0.1, -0.05) is 11.6 Å². The molecule has 84 valence electrons. The van der Waals surface area contributed by atoms with Crippen molar-refractivity contribution in [2.75, 3.05) is 0 Å². The van der Waals surface area contributed by atoms with Gasteiger partial charge in [0.2, 0.25) is 0 Å². The summed E-state index contributed by atoms with van der Waals surface area (Å²) < 4.78 is 3.18. The molecule has 0 fully saturated rings. The number of hydrogen-bond acceptors (Lipinski definition) is 3. The second-order valence-corrected chi connectivity index (χ2v) is 3.98. The molecule has 16 heavy (non-hydrogen) atoms. The maximum Gasteiger partial charge on any atom is 0.162 e. The summed E-state index contributed by atoms with van der Waals surface area (Å²) in [6.45, 7) is 3.59. The molecular formula is C10H11ClN4O. The Bertz CT molecular complexity index is 536. The smallest absolute Gasteiger partial charge is 0.162 e. The number of aryl methyl sites for hydroxylation is 3. The van der Waals surface area contributed by atoms with E-state index in [2.05, 4.69) is 10.2 Å². The molecule has 0 radical (unpaired) electrons. The topological polar surface area (TPSA) is 52.7 Å². The van der Waals surface area contributed by atoms with Crippen LogP contribution in [0.3, 0.4) is 0 Å². The average molecular weight is 239 g/mol. The quantitative estimate of drug-likeness (QED) is 0.748. The van der Waals surface area contributed by atoms with Crippen molar-refractivity contribution < 1.29 is 4.79 Å². The zero-order valence-electron chi connectivity index (χ0n) is 9.23. The molecule has 0 aliphatic rings. The first-order valence-corrected chi connectivity index (χ1v) is 5.13. The summed E-state index contributed by atoms with van der Waals surface area (Å²) in [4.78, 5) is 11.0. The second-order valence-electron chi connectivity index (χ2n) is 3.57. The van der Waals surface area contributed by atoms with Gasteiger partial charge in [-0.3, -0.25) is 9.48 Å². The standard InChI is InChI=1S/C10H11ClN4O/c1-6-8(5-16)10(14(3)12-6)15-4-9(11)7(2)13-15/h4-5H,1-3H3. The maximum atomic E-state index is 11.0. The molecule has 2 aromatic heterocycles. The summed E-state index contributed by atoms with van der Waals surface area (Å²) in [5, 5.41) is 8.97. The Morgan fingerprint density at radius 3 is 2.50 bits per heavy atom. The van der Waals surface area contributed by atoms with E-state index in [4.69, 9.17) is 11.6 Å². The fraction of sp³-hybridized carbons (Fsp3) is 0.300. The first kappa shape index (κ1) is 10.9. The van der Waals surface area contributed by atoms with Crippen molar-refractivity contribution in [3.05, 3.63) is 28.2 Å². The third-order valence-corrected chi connectivity index (χ3v) is 2.78. The number of halogens is 1. The van der Waals surface area contributed by atoms with Crippen molar-refractivity contribution in [1.82, 2.24) is 19.6 Å². The highest BCUT2D eigenvalue weighted by molar-refractivity contribution is 6.31. The molecule has 0 N–H and O–H groups in total. The van der Waals surface area contributed by atoms with E-state index in [0.29, 0.717) is 22.1 Å². The molecule has 0 aromatic carbocycles. The number of nitrogens with zero attached hydrogens (tertiary/aromatic N) is 4. The highest BCUT2D eigenvalue weighted by Gasteiger charge is 2.16. The zero-order chi connectivity index (χ0) is 11.9. The van der Waals surface area contributed by atoms with Gasteiger partial charge in [-0.05, 0) is 13.8 Å². The summed E-state index contributed by atoms with van der Waals surface area (Å²) in [6, 6.07) is 0. The second kappa shape index (κ2) is 3.75. The molecule has 0 saturated heterocycles. The molecule has 0 bridgehead atoms. The minimum Gasteiger partial charge on any atom is -0.298 e. The monoisotopic (exact) mass is 238 g/mol. The lowest BCUT2D eigenvalue weighted by atomic mass is 10.3. The lowest BCUT2D eigenvalue weighted by Crippen LogP contribution is -2.05. The summed E-state index contributed by atoms with van der Waals surface area (Å²) in [5.74, 6) is 0.627. The molecule has 0 unspecified atom stereocenters. The SMILES string of the molecule is Cc1nn(-c2c(C=O)c(C)nn2C)cc1Cl. The van der Waals surface area contributed by atoms with Gasteiger partial charge in [0, 0.05) is 7.05 Å². The Hall–Kier alpha value is -1.62. The zero-order valence-corrected chi connectivity index (χ0v) is 9.99. The van der Waals surface area contributed by atoms with Crippen LogP contribution >= 0.6 is 11.6 Å². The minimum absolute atomic E-state index is 0.529. The van der Waals surface area contributed by atoms with Gasteiger partial charge in [0.15, 0.2) is 12.1 Å². The van der Waals surface area contributed by atoms with Crippen LogP contribution in [0.1, 0.15) is 21.7 Å². The van der Waals surface area contributed by atoms with Crippen LogP contribution in [0.4, 0.5) is 0 Å². The van der Waals surface area contributed by atoms with Crippen molar-refractivity contribution in [3.63, 3.8) is 0 Å². The van der Waals surface area contributed by atoms with Crippen LogP contribution < -0.4 is 0 Å². The molecule has 0 aliphatic carbocycles. The highest BCUT2D eigenvalue weighted by Crippen LogP contribution is 2.19. The number of rotatable bonds is 2. The Kier molecular flexibility index (Phi) is 2.55. The molecular weight excluding hydrogens is 228 g/mol. The number of hydrogen-bond donors (Lipinski definition) is 0. The molecule has 2 heterocycles. The van der Waals surface area contributed by atoms with Gasteiger partial charge in [-0.25, -0.2) is 4.68 Å². The van der Waals surface area contributed by atoms with Gasteiger partial charge >= 0.3 is 0 Å². The summed E-state index contributed by atoms with van der Waals surface area (Å²) >= 11 is 5.93. The molecule has 2 aromatic rings. The first-order chi connectivity index (χ1) is 7.54. The highest BCUT2D eigenvalue weighted by atomic mass is 35.5. The van der Waals surface area contributed by atoms with Crippen LogP contribution in [0.25, 0.3) is 5.82 Å². The summed E-state index contributed by atoms with van der Waals surface area (Å²) in [7, 11) is 1.76. The van der Waals surface area contributed by atoms with Crippen LogP contribution in [0, 0.1) is 13.8 Å². The van der Waals surface area contributed by atoms with Gasteiger partial charge in [-0.15, -0.1) is 0 Å². The van der Waals surface area contributed by atoms with E-state index < -0.39 is 0 Å². The van der Waals surface area contributed by atoms with E-state index in [9.17, 15) is 4.79 Å². The van der Waals surface area contributed by atoms with Crippen molar-refractivity contribution in [2.45, 2.75) is 13.8 Å². The van der Waals surface area contributed by atoms with Crippen LogP contribution in [0.5, 0.6) is 0 Å². The molecule has 0 amide bonds. The molecule has 6 heteroatoms. The first-order valence-electron chi connectivity index (χ1n) is 4.75. The van der Waals surface area contributed by atoms with Crippen molar-refractivity contribution in [2.24, 2.45) is 7.05 Å². The molecule has 0 atom stereocenters. The van der Waals surface area contributed by atoms with E-state index in [1.54, 1.807) is 29.5 Å². The normalized spacial score (nSPS) is 10.8. The van der Waals surface area contributed by atoms with Crippen LogP contribution in [-0.4, -0.2) is 25.8 Å². The number of aldehydes is 1. The van der Waals surface area contributed by atoms with Crippen molar-refractivity contribution in [3.8, 4) is 5.82 Å². The van der Waals surface area contributed by atoms with E-state index in [1.807, 2.05) is 6.92 Å². The molecule has 0 aliphatic heterocycles. The Morgan fingerprint density at radius 1 is 1.31 bits per heavy atom. The summed E-state index contributed by atoms with van der Waals surface area (Å²) in [6.07, 6.45) is 2.45. The van der Waals surface area contributed by atoms with E-state index >= 15 is 0 Å². The number of carbonyl (C=O) groups excluding carboxylic acids is 1. The molecule has 2 rings (SSSR count). The Labute approximate surface area is 97.6 Å². The van der Waals surface area contributed by atoms with E-state index in [-0.39, 0.29) is 0 Å². The molecule has 0 spiro atoms. The number of aromatic nitrogens is 4. The number of carbonyl (C=O) groups is 1. The lowest BCUT2D eigenvalue weighted by molar-refractivity contribution is 0.112. The van der Waals surface area contributed by atoms with E-state index in [1.165, 1.54) is 0 Å². The average Bonchev–Trinajstić information content (AvgIpc) is 2.67. The van der Waals surface area contributed by atoms with Crippen LogP contribution in [0.15, 0.2) is 6.20 Å². The Morgan fingerprint density at radius 2 is 2.00 bits per heavy atom. The third kappa shape index (κ3) is 1.53. The minimum atomic E-state index is 0.529. The maximum absolute atomic E-state index is 11.0. The van der Waals surface area contributed by atoms with Gasteiger partial charge in [0.05, 0.1) is 28.2 Å². The van der Waals surface area contributed by atoms with Crippen molar-refractivity contribution in [1.29, 1.82) is 0 Å². The molecule has 0 saturated carbocycles. The largest absolute Gasteiger partial charge is 0.298 e. The van der Waals surface area contributed by atoms with E-state index in [0.717, 1.165) is 12.0 Å². The Balaban J connectivity index is 2.67. The van der Waals surface area contributed by atoms with Gasteiger partial charge in [0.1, 0.15) is 0 Å². The summed E-state index contributed by atoms with van der Waals surface area (Å²) in [5.41, 5.74) is 1.93. The predicted molar refractivity (Wildman–Crippen MR) is 60.2 cm³/mol. The van der Waals surface area contributed by atoms with Gasteiger partial charge < -0.3 is 0 Å². The van der Waals surface area contributed by atoms with Crippen LogP contribution in [0.2, 0.25) is 5.02 Å². The third-order valence-electron chi connectivity index (χ3n) is 2.41. The van der Waals surface area contributed by atoms with Gasteiger partial charge in [0.25, 0.3) is 0 Å². The van der Waals surface area contributed by atoms with Crippen LogP contribution in [-0.2, 0) is 7.05 Å². The lowest BCUT2D eigenvalue weighted by Gasteiger charge is -2.01.